The van der Waals surface area contributed by atoms with Gasteiger partial charge in [0.15, 0.2) is 11.6 Å². The van der Waals surface area contributed by atoms with Crippen molar-refractivity contribution in [3.63, 3.8) is 0 Å². The van der Waals surface area contributed by atoms with E-state index in [1.165, 1.54) is 18.3 Å². The second kappa shape index (κ2) is 6.05. The Morgan fingerprint density at radius 3 is 2.56 bits per heavy atom. The molecular weight excluding hydrogens is 217 g/mol. The monoisotopic (exact) mass is 223 g/mol. The van der Waals surface area contributed by atoms with Gasteiger partial charge >= 0.3 is 6.15 Å². The van der Waals surface area contributed by atoms with Gasteiger partial charge in [-0.05, 0) is 12.1 Å². The molecule has 7 heteroatoms. The van der Waals surface area contributed by atoms with E-state index in [0.29, 0.717) is 0 Å². The van der Waals surface area contributed by atoms with Gasteiger partial charge in [-0.1, -0.05) is 12.1 Å². The predicted molar refractivity (Wildman–Crippen MR) is 47.9 cm³/mol. The van der Waals surface area contributed by atoms with Crippen molar-refractivity contribution in [1.82, 2.24) is 15.4 Å². The van der Waals surface area contributed by atoms with E-state index in [1.54, 1.807) is 12.1 Å². The SMILES string of the molecule is Fc1ccccc1Oc1cn[nH]n1.O=C=O. The zero-order valence-corrected chi connectivity index (χ0v) is 7.88. The molecule has 6 nitrogen and oxygen atoms in total. The summed E-state index contributed by atoms with van der Waals surface area (Å²) in [6.07, 6.45) is 1.62. The molecule has 2 rings (SSSR count). The van der Waals surface area contributed by atoms with Crippen molar-refractivity contribution < 1.29 is 18.7 Å². The summed E-state index contributed by atoms with van der Waals surface area (Å²) in [5.41, 5.74) is 0. The lowest BCUT2D eigenvalue weighted by atomic mass is 10.3. The van der Waals surface area contributed by atoms with Crippen molar-refractivity contribution in [3.8, 4) is 11.6 Å². The molecule has 16 heavy (non-hydrogen) atoms. The van der Waals surface area contributed by atoms with E-state index in [9.17, 15) is 4.39 Å². The summed E-state index contributed by atoms with van der Waals surface area (Å²) in [6.45, 7) is 0. The number of hydrogen-bond acceptors (Lipinski definition) is 5. The van der Waals surface area contributed by atoms with Crippen LogP contribution in [-0.4, -0.2) is 21.6 Å². The molecule has 0 fully saturated rings. The maximum absolute atomic E-state index is 13.0. The van der Waals surface area contributed by atoms with E-state index in [2.05, 4.69) is 15.4 Å². The Balaban J connectivity index is 0.000000386. The molecule has 0 atom stereocenters. The van der Waals surface area contributed by atoms with E-state index in [4.69, 9.17) is 14.3 Å². The molecule has 0 bridgehead atoms. The summed E-state index contributed by atoms with van der Waals surface area (Å²) in [4.78, 5) is 16.2. The standard InChI is InChI=1S/C8H6FN3O.CO2/c9-6-3-1-2-4-7(6)13-8-5-10-12-11-8;2-1-3/h1-5H,(H,10,11,12);. The predicted octanol–water partition coefficient (Wildman–Crippen LogP) is 1.15. The highest BCUT2D eigenvalue weighted by atomic mass is 19.1. The molecule has 1 heterocycles. The van der Waals surface area contributed by atoms with Crippen LogP contribution in [0.3, 0.4) is 0 Å². The minimum atomic E-state index is -0.425. The van der Waals surface area contributed by atoms with Gasteiger partial charge in [0, 0.05) is 0 Å². The number of ether oxygens (including phenoxy) is 1. The normalized spacial score (nSPS) is 8.56. The van der Waals surface area contributed by atoms with E-state index in [1.807, 2.05) is 0 Å². The highest BCUT2D eigenvalue weighted by molar-refractivity contribution is 5.26. The van der Waals surface area contributed by atoms with Crippen LogP contribution in [0, 0.1) is 5.82 Å². The average Bonchev–Trinajstić information content (AvgIpc) is 2.75. The lowest BCUT2D eigenvalue weighted by Crippen LogP contribution is -1.87. The van der Waals surface area contributed by atoms with Crippen LogP contribution in [0.25, 0.3) is 0 Å². The number of para-hydroxylation sites is 1. The third kappa shape index (κ3) is 3.32. The molecule has 0 aliphatic rings. The Morgan fingerprint density at radius 2 is 2.00 bits per heavy atom. The fourth-order valence-electron chi connectivity index (χ4n) is 0.880. The minimum absolute atomic E-state index is 0.136. The smallest absolute Gasteiger partial charge is 0.373 e. The van der Waals surface area contributed by atoms with E-state index < -0.39 is 5.82 Å². The Hall–Kier alpha value is -2.53. The zero-order chi connectivity index (χ0) is 11.8. The van der Waals surface area contributed by atoms with Crippen LogP contribution in [0.2, 0.25) is 0 Å². The number of aromatic amines is 1. The average molecular weight is 223 g/mol. The van der Waals surface area contributed by atoms with Crippen LogP contribution in [0.15, 0.2) is 30.5 Å². The Labute approximate surface area is 89.0 Å². The van der Waals surface area contributed by atoms with E-state index >= 15 is 0 Å². The fourth-order valence-corrected chi connectivity index (χ4v) is 0.880. The van der Waals surface area contributed by atoms with Crippen molar-refractivity contribution in [2.45, 2.75) is 0 Å². The van der Waals surface area contributed by atoms with E-state index in [-0.39, 0.29) is 17.8 Å². The van der Waals surface area contributed by atoms with Gasteiger partial charge in [-0.15, -0.1) is 5.10 Å². The molecule has 0 aliphatic heterocycles. The summed E-state index contributed by atoms with van der Waals surface area (Å²) in [7, 11) is 0. The van der Waals surface area contributed by atoms with Crippen LogP contribution in [-0.2, 0) is 9.59 Å². The van der Waals surface area contributed by atoms with Crippen LogP contribution in [0.1, 0.15) is 0 Å². The molecule has 1 aromatic carbocycles. The summed E-state index contributed by atoms with van der Waals surface area (Å²) in [6, 6.07) is 6.10. The van der Waals surface area contributed by atoms with Gasteiger partial charge in [-0.3, -0.25) is 0 Å². The largest absolute Gasteiger partial charge is 0.433 e. The van der Waals surface area contributed by atoms with Crippen LogP contribution >= 0.6 is 0 Å². The first-order valence-electron chi connectivity index (χ1n) is 4.05. The Morgan fingerprint density at radius 1 is 1.31 bits per heavy atom. The third-order valence-corrected chi connectivity index (χ3v) is 1.44. The minimum Gasteiger partial charge on any atom is -0.433 e. The van der Waals surface area contributed by atoms with Crippen molar-refractivity contribution >= 4 is 6.15 Å². The second-order valence-corrected chi connectivity index (χ2v) is 2.42. The van der Waals surface area contributed by atoms with Gasteiger partial charge in [0.2, 0.25) is 0 Å². The fraction of sp³-hybridized carbons (Fsp3) is 0. The summed E-state index contributed by atoms with van der Waals surface area (Å²) in [5, 5.41) is 9.51. The van der Waals surface area contributed by atoms with Crippen molar-refractivity contribution in [2.75, 3.05) is 0 Å². The zero-order valence-electron chi connectivity index (χ0n) is 7.88. The lowest BCUT2D eigenvalue weighted by molar-refractivity contribution is -0.191. The van der Waals surface area contributed by atoms with Crippen molar-refractivity contribution in [3.05, 3.63) is 36.3 Å². The molecule has 1 N–H and O–H groups in total. The van der Waals surface area contributed by atoms with Gasteiger partial charge in [-0.25, -0.2) is 4.39 Å². The first-order chi connectivity index (χ1) is 7.77. The Kier molecular flexibility index (Phi) is 4.36. The molecule has 0 saturated carbocycles. The molecule has 0 aliphatic carbocycles. The maximum Gasteiger partial charge on any atom is 0.373 e. The Bertz CT molecular complexity index is 467. The second-order valence-electron chi connectivity index (χ2n) is 2.42. The first-order valence-corrected chi connectivity index (χ1v) is 4.05. The third-order valence-electron chi connectivity index (χ3n) is 1.44. The number of halogens is 1. The topological polar surface area (TPSA) is 84.9 Å². The number of aromatic nitrogens is 3. The van der Waals surface area contributed by atoms with Crippen molar-refractivity contribution in [1.29, 1.82) is 0 Å². The first kappa shape index (κ1) is 11.5. The van der Waals surface area contributed by atoms with Crippen LogP contribution in [0.4, 0.5) is 4.39 Å². The highest BCUT2D eigenvalue weighted by Gasteiger charge is 2.03. The van der Waals surface area contributed by atoms with Gasteiger partial charge in [0.1, 0.15) is 6.20 Å². The number of hydrogen-bond donors (Lipinski definition) is 1. The maximum atomic E-state index is 13.0. The summed E-state index contributed by atoms with van der Waals surface area (Å²) < 4.78 is 18.1. The lowest BCUT2D eigenvalue weighted by Gasteiger charge is -2.00. The number of nitrogens with one attached hydrogen (secondary N) is 1. The molecule has 2 aromatic rings. The molecule has 0 saturated heterocycles. The molecule has 82 valence electrons. The van der Waals surface area contributed by atoms with Gasteiger partial charge in [0.05, 0.1) is 0 Å². The summed E-state index contributed by atoms with van der Waals surface area (Å²) >= 11 is 0. The number of carbonyl (C=O) groups excluding carboxylic acids is 2. The number of H-pyrrole nitrogens is 1. The highest BCUT2D eigenvalue weighted by Crippen LogP contribution is 2.20. The molecule has 1 aromatic heterocycles. The quantitative estimate of drug-likeness (QED) is 0.825. The van der Waals surface area contributed by atoms with Gasteiger partial charge in [-0.2, -0.15) is 19.9 Å². The molecular formula is C9H6FN3O3. The van der Waals surface area contributed by atoms with Crippen LogP contribution in [0.5, 0.6) is 11.6 Å². The van der Waals surface area contributed by atoms with Gasteiger partial charge in [0.25, 0.3) is 5.88 Å². The number of rotatable bonds is 2. The van der Waals surface area contributed by atoms with E-state index in [0.717, 1.165) is 0 Å². The summed E-state index contributed by atoms with van der Waals surface area (Å²) in [5.74, 6) is -0.0491. The molecule has 0 radical (unpaired) electrons. The van der Waals surface area contributed by atoms with Crippen LogP contribution < -0.4 is 4.74 Å². The number of nitrogens with zero attached hydrogens (tertiary/aromatic N) is 2. The molecule has 0 spiro atoms. The number of benzene rings is 1. The molecule has 0 unspecified atom stereocenters. The van der Waals surface area contributed by atoms with Crippen molar-refractivity contribution in [2.24, 2.45) is 0 Å². The van der Waals surface area contributed by atoms with Gasteiger partial charge < -0.3 is 4.74 Å². The molecule has 0 amide bonds.